The number of aryl methyl sites for hydroxylation is 1. The first-order chi connectivity index (χ1) is 9.79. The number of hydrogen-bond donors (Lipinski definition) is 1. The van der Waals surface area contributed by atoms with Gasteiger partial charge in [0.25, 0.3) is 0 Å². The molecule has 2 aromatic rings. The van der Waals surface area contributed by atoms with Crippen LogP contribution in [0.15, 0.2) is 30.5 Å². The highest BCUT2D eigenvalue weighted by Gasteiger charge is 2.22. The third-order valence-electron chi connectivity index (χ3n) is 3.98. The molecule has 0 amide bonds. The predicted molar refractivity (Wildman–Crippen MR) is 83.5 cm³/mol. The molecule has 0 fully saturated rings. The number of benzene rings is 1. The van der Waals surface area contributed by atoms with Gasteiger partial charge in [-0.25, -0.2) is 0 Å². The molecule has 0 radical (unpaired) electrons. The predicted octanol–water partition coefficient (Wildman–Crippen LogP) is 4.09. The molecule has 1 aliphatic heterocycles. The van der Waals surface area contributed by atoms with Crippen molar-refractivity contribution in [3.63, 3.8) is 0 Å². The molecule has 1 N–H and O–H groups in total. The molecule has 1 unspecified atom stereocenters. The van der Waals surface area contributed by atoms with Crippen LogP contribution in [0.2, 0.25) is 5.02 Å². The molecule has 4 heteroatoms. The fourth-order valence-electron chi connectivity index (χ4n) is 2.99. The number of fused-ring (bicyclic) bond motifs is 1. The van der Waals surface area contributed by atoms with Crippen molar-refractivity contribution in [2.45, 2.75) is 38.6 Å². The molecule has 20 heavy (non-hydrogen) atoms. The van der Waals surface area contributed by atoms with Crippen LogP contribution in [0.3, 0.4) is 0 Å². The van der Waals surface area contributed by atoms with E-state index in [2.05, 4.69) is 46.3 Å². The van der Waals surface area contributed by atoms with E-state index in [1.165, 1.54) is 16.9 Å². The first kappa shape index (κ1) is 13.5. The maximum Gasteiger partial charge on any atom is 0.0818 e. The molecule has 1 aliphatic rings. The molecular formula is C16H20ClN3. The lowest BCUT2D eigenvalue weighted by Crippen LogP contribution is -2.19. The average molecular weight is 290 g/mol. The zero-order valence-electron chi connectivity index (χ0n) is 11.8. The van der Waals surface area contributed by atoms with Crippen LogP contribution in [0.4, 0.5) is 5.69 Å². The second kappa shape index (κ2) is 5.88. The van der Waals surface area contributed by atoms with Gasteiger partial charge in [-0.2, -0.15) is 5.10 Å². The Kier molecular flexibility index (Phi) is 3.97. The van der Waals surface area contributed by atoms with E-state index in [0.29, 0.717) is 5.92 Å². The van der Waals surface area contributed by atoms with Crippen molar-refractivity contribution in [1.82, 2.24) is 9.78 Å². The molecule has 0 saturated heterocycles. The summed E-state index contributed by atoms with van der Waals surface area (Å²) in [6.45, 7) is 4.13. The lowest BCUT2D eigenvalue weighted by atomic mass is 9.87. The van der Waals surface area contributed by atoms with Crippen molar-refractivity contribution < 1.29 is 0 Å². The molecule has 0 bridgehead atoms. The normalized spacial score (nSPS) is 17.6. The summed E-state index contributed by atoms with van der Waals surface area (Å²) in [5.41, 5.74) is 3.84. The van der Waals surface area contributed by atoms with Crippen LogP contribution in [0.25, 0.3) is 0 Å². The van der Waals surface area contributed by atoms with Gasteiger partial charge in [0.05, 0.1) is 16.9 Å². The first-order valence-electron chi connectivity index (χ1n) is 7.32. The Hall–Kier alpha value is -1.48. The second-order valence-corrected chi connectivity index (χ2v) is 5.77. The van der Waals surface area contributed by atoms with Crippen LogP contribution in [-0.4, -0.2) is 16.3 Å². The van der Waals surface area contributed by atoms with Crippen molar-refractivity contribution in [2.75, 3.05) is 11.9 Å². The monoisotopic (exact) mass is 289 g/mol. The van der Waals surface area contributed by atoms with E-state index >= 15 is 0 Å². The Morgan fingerprint density at radius 3 is 3.10 bits per heavy atom. The summed E-state index contributed by atoms with van der Waals surface area (Å²) >= 11 is 6.33. The molecule has 106 valence electrons. The lowest BCUT2D eigenvalue weighted by molar-refractivity contribution is 0.538. The minimum atomic E-state index is 0.525. The highest BCUT2D eigenvalue weighted by Crippen LogP contribution is 2.35. The van der Waals surface area contributed by atoms with E-state index in [0.717, 1.165) is 37.4 Å². The Morgan fingerprint density at radius 1 is 1.40 bits per heavy atom. The van der Waals surface area contributed by atoms with Gasteiger partial charge < -0.3 is 5.32 Å². The Labute approximate surface area is 124 Å². The van der Waals surface area contributed by atoms with E-state index in [4.69, 9.17) is 11.6 Å². The zero-order chi connectivity index (χ0) is 13.9. The molecular weight excluding hydrogens is 270 g/mol. The quantitative estimate of drug-likeness (QED) is 0.919. The summed E-state index contributed by atoms with van der Waals surface area (Å²) in [7, 11) is 0. The van der Waals surface area contributed by atoms with Crippen LogP contribution < -0.4 is 5.32 Å². The van der Waals surface area contributed by atoms with Crippen LogP contribution in [-0.2, 0) is 13.0 Å². The van der Waals surface area contributed by atoms with Crippen molar-refractivity contribution in [1.29, 1.82) is 0 Å². The maximum atomic E-state index is 6.33. The van der Waals surface area contributed by atoms with Gasteiger partial charge in [-0.05, 0) is 36.8 Å². The van der Waals surface area contributed by atoms with Crippen molar-refractivity contribution in [3.05, 3.63) is 46.7 Å². The van der Waals surface area contributed by atoms with Crippen molar-refractivity contribution >= 4 is 17.3 Å². The summed E-state index contributed by atoms with van der Waals surface area (Å²) in [6.07, 6.45) is 4.97. The molecule has 0 spiro atoms. The summed E-state index contributed by atoms with van der Waals surface area (Å²) in [4.78, 5) is 0. The van der Waals surface area contributed by atoms with Gasteiger partial charge in [-0.3, -0.25) is 4.68 Å². The molecule has 2 heterocycles. The molecule has 1 aromatic heterocycles. The SMILES string of the molecule is CCCn1ncc(Cl)c1CC1CCNc2ccccc21. The van der Waals surface area contributed by atoms with Gasteiger partial charge >= 0.3 is 0 Å². The number of aromatic nitrogens is 2. The smallest absolute Gasteiger partial charge is 0.0818 e. The number of anilines is 1. The van der Waals surface area contributed by atoms with E-state index in [-0.39, 0.29) is 0 Å². The summed E-state index contributed by atoms with van der Waals surface area (Å²) in [5.74, 6) is 0.525. The fraction of sp³-hybridized carbons (Fsp3) is 0.438. The van der Waals surface area contributed by atoms with E-state index in [1.54, 1.807) is 6.20 Å². The lowest BCUT2D eigenvalue weighted by Gasteiger charge is -2.27. The van der Waals surface area contributed by atoms with Crippen LogP contribution in [0.1, 0.15) is 36.9 Å². The third kappa shape index (κ3) is 2.55. The van der Waals surface area contributed by atoms with Gasteiger partial charge in [0.1, 0.15) is 0 Å². The number of nitrogens with zero attached hydrogens (tertiary/aromatic N) is 2. The van der Waals surface area contributed by atoms with Crippen LogP contribution in [0, 0.1) is 0 Å². The summed E-state index contributed by atoms with van der Waals surface area (Å²) < 4.78 is 2.06. The standard InChI is InChI=1S/C16H20ClN3/c1-2-9-20-16(14(17)11-19-20)10-12-7-8-18-15-6-4-3-5-13(12)15/h3-6,11-12,18H,2,7-10H2,1H3. The highest BCUT2D eigenvalue weighted by molar-refractivity contribution is 6.31. The number of halogens is 1. The van der Waals surface area contributed by atoms with Gasteiger partial charge in [-0.15, -0.1) is 0 Å². The Morgan fingerprint density at radius 2 is 2.25 bits per heavy atom. The summed E-state index contributed by atoms with van der Waals surface area (Å²) in [5, 5.41) is 8.67. The molecule has 0 saturated carbocycles. The number of nitrogens with one attached hydrogen (secondary N) is 1. The Bertz CT molecular complexity index is 591. The minimum absolute atomic E-state index is 0.525. The number of hydrogen-bond acceptors (Lipinski definition) is 2. The van der Waals surface area contributed by atoms with E-state index in [1.807, 2.05) is 0 Å². The molecule has 3 nitrogen and oxygen atoms in total. The second-order valence-electron chi connectivity index (χ2n) is 5.37. The Balaban J connectivity index is 1.87. The van der Waals surface area contributed by atoms with Gasteiger partial charge in [-0.1, -0.05) is 36.7 Å². The van der Waals surface area contributed by atoms with Gasteiger partial charge in [0, 0.05) is 18.8 Å². The number of rotatable bonds is 4. The molecule has 0 aliphatic carbocycles. The fourth-order valence-corrected chi connectivity index (χ4v) is 3.21. The van der Waals surface area contributed by atoms with Crippen molar-refractivity contribution in [2.24, 2.45) is 0 Å². The molecule has 3 rings (SSSR count). The third-order valence-corrected chi connectivity index (χ3v) is 4.30. The zero-order valence-corrected chi connectivity index (χ0v) is 12.5. The minimum Gasteiger partial charge on any atom is -0.385 e. The molecule has 1 aromatic carbocycles. The van der Waals surface area contributed by atoms with Crippen LogP contribution >= 0.6 is 11.6 Å². The number of para-hydroxylation sites is 1. The van der Waals surface area contributed by atoms with Crippen molar-refractivity contribution in [3.8, 4) is 0 Å². The largest absolute Gasteiger partial charge is 0.385 e. The highest BCUT2D eigenvalue weighted by atomic mass is 35.5. The summed E-state index contributed by atoms with van der Waals surface area (Å²) in [6, 6.07) is 8.58. The average Bonchev–Trinajstić information content (AvgIpc) is 2.81. The molecule has 1 atom stereocenters. The van der Waals surface area contributed by atoms with Gasteiger partial charge in [0.2, 0.25) is 0 Å². The van der Waals surface area contributed by atoms with E-state index in [9.17, 15) is 0 Å². The van der Waals surface area contributed by atoms with Crippen LogP contribution in [0.5, 0.6) is 0 Å². The van der Waals surface area contributed by atoms with Gasteiger partial charge in [0.15, 0.2) is 0 Å². The maximum absolute atomic E-state index is 6.33. The first-order valence-corrected chi connectivity index (χ1v) is 7.70. The topological polar surface area (TPSA) is 29.9 Å². The van der Waals surface area contributed by atoms with E-state index < -0.39 is 0 Å².